The minimum atomic E-state index is -1.23. The van der Waals surface area contributed by atoms with Crippen molar-refractivity contribution in [1.82, 2.24) is 10.6 Å². The number of carboxylic acids is 2. The lowest BCUT2D eigenvalue weighted by atomic mass is 10.1. The van der Waals surface area contributed by atoms with E-state index in [-0.39, 0.29) is 25.2 Å². The lowest BCUT2D eigenvalue weighted by molar-refractivity contribution is -0.139. The minimum absolute atomic E-state index is 0.0889. The van der Waals surface area contributed by atoms with Crippen LogP contribution in [0.5, 0.6) is 0 Å². The van der Waals surface area contributed by atoms with Crippen LogP contribution in [0.3, 0.4) is 0 Å². The summed E-state index contributed by atoms with van der Waals surface area (Å²) in [5.41, 5.74) is 5.28. The van der Waals surface area contributed by atoms with Gasteiger partial charge < -0.3 is 31.7 Å². The molecule has 0 saturated carbocycles. The SMILES string of the molecule is N[C@@H](CCC(=O)N[C@@H](CSCCO)C(=O)NCC(=O)O)C(=O)O. The molecule has 0 unspecified atom stereocenters. The second kappa shape index (κ2) is 11.7. The molecule has 0 aliphatic heterocycles. The number of rotatable bonds is 12. The summed E-state index contributed by atoms with van der Waals surface area (Å²) in [6, 6.07) is -2.16. The van der Waals surface area contributed by atoms with E-state index in [2.05, 4.69) is 10.6 Å². The largest absolute Gasteiger partial charge is 0.480 e. The van der Waals surface area contributed by atoms with Crippen LogP contribution in [0.25, 0.3) is 0 Å². The van der Waals surface area contributed by atoms with Crippen LogP contribution in [-0.2, 0) is 19.2 Å². The van der Waals surface area contributed by atoms with E-state index in [1.165, 1.54) is 11.8 Å². The fourth-order valence-corrected chi connectivity index (χ4v) is 2.18. The molecule has 0 spiro atoms. The first kappa shape index (κ1) is 21.1. The van der Waals surface area contributed by atoms with Crippen LogP contribution in [0, 0.1) is 0 Å². The van der Waals surface area contributed by atoms with Crippen LogP contribution in [-0.4, -0.2) is 75.8 Å². The number of carboxylic acid groups (broad SMARTS) is 2. The number of thioether (sulfide) groups is 1. The van der Waals surface area contributed by atoms with E-state index < -0.39 is 42.4 Å². The standard InChI is InChI=1S/C12H21N3O7S/c13-7(12(21)22)1-2-9(17)15-8(6-23-4-3-16)11(20)14-5-10(18)19/h7-8,16H,1-6,13H2,(H,14,20)(H,15,17)(H,18,19)(H,21,22)/t7-,8-/m0/s1. The van der Waals surface area contributed by atoms with Gasteiger partial charge in [0.1, 0.15) is 18.6 Å². The minimum Gasteiger partial charge on any atom is -0.480 e. The molecular formula is C12H21N3O7S. The third kappa shape index (κ3) is 10.5. The van der Waals surface area contributed by atoms with E-state index in [0.29, 0.717) is 5.75 Å². The zero-order chi connectivity index (χ0) is 17.8. The number of aliphatic carboxylic acids is 2. The molecule has 0 aliphatic carbocycles. The van der Waals surface area contributed by atoms with Crippen LogP contribution in [0.2, 0.25) is 0 Å². The molecule has 11 heteroatoms. The molecule has 0 aromatic rings. The number of aliphatic hydroxyl groups excluding tert-OH is 1. The average Bonchev–Trinajstić information content (AvgIpc) is 2.49. The molecule has 132 valence electrons. The van der Waals surface area contributed by atoms with Gasteiger partial charge in [-0.1, -0.05) is 0 Å². The molecule has 0 radical (unpaired) electrons. The lowest BCUT2D eigenvalue weighted by Crippen LogP contribution is -2.49. The monoisotopic (exact) mass is 351 g/mol. The first-order valence-corrected chi connectivity index (χ1v) is 7.89. The molecule has 23 heavy (non-hydrogen) atoms. The Morgan fingerprint density at radius 2 is 1.83 bits per heavy atom. The number of nitrogens with two attached hydrogens (primary N) is 1. The van der Waals surface area contributed by atoms with E-state index in [9.17, 15) is 19.2 Å². The van der Waals surface area contributed by atoms with Crippen molar-refractivity contribution in [3.05, 3.63) is 0 Å². The predicted octanol–water partition coefficient (Wildman–Crippen LogP) is -2.41. The van der Waals surface area contributed by atoms with Gasteiger partial charge in [0.25, 0.3) is 0 Å². The Bertz CT molecular complexity index is 433. The van der Waals surface area contributed by atoms with Gasteiger partial charge in [0.2, 0.25) is 11.8 Å². The van der Waals surface area contributed by atoms with Gasteiger partial charge in [-0.15, -0.1) is 0 Å². The van der Waals surface area contributed by atoms with Gasteiger partial charge in [0.05, 0.1) is 6.61 Å². The van der Waals surface area contributed by atoms with E-state index in [1.54, 1.807) is 0 Å². The highest BCUT2D eigenvalue weighted by molar-refractivity contribution is 7.99. The number of amides is 2. The highest BCUT2D eigenvalue weighted by Crippen LogP contribution is 2.04. The van der Waals surface area contributed by atoms with Crippen LogP contribution in [0.1, 0.15) is 12.8 Å². The smallest absolute Gasteiger partial charge is 0.322 e. The number of aliphatic hydroxyl groups is 1. The zero-order valence-corrected chi connectivity index (χ0v) is 13.2. The number of hydrogen-bond donors (Lipinski definition) is 6. The summed E-state index contributed by atoms with van der Waals surface area (Å²) in [6.07, 6.45) is -0.269. The van der Waals surface area contributed by atoms with Gasteiger partial charge in [0.15, 0.2) is 0 Å². The molecule has 0 aliphatic rings. The molecule has 0 rings (SSSR count). The van der Waals surface area contributed by atoms with Crippen molar-refractivity contribution >= 4 is 35.5 Å². The fourth-order valence-electron chi connectivity index (χ4n) is 1.41. The van der Waals surface area contributed by atoms with E-state index in [4.69, 9.17) is 21.1 Å². The Morgan fingerprint density at radius 3 is 2.35 bits per heavy atom. The van der Waals surface area contributed by atoms with Crippen molar-refractivity contribution in [1.29, 1.82) is 0 Å². The molecular weight excluding hydrogens is 330 g/mol. The van der Waals surface area contributed by atoms with Gasteiger partial charge in [-0.25, -0.2) is 0 Å². The van der Waals surface area contributed by atoms with Crippen molar-refractivity contribution < 1.29 is 34.5 Å². The maximum absolute atomic E-state index is 11.8. The van der Waals surface area contributed by atoms with Gasteiger partial charge in [-0.2, -0.15) is 11.8 Å². The van der Waals surface area contributed by atoms with Crippen LogP contribution in [0.4, 0.5) is 0 Å². The Hall–Kier alpha value is -1.85. The second-order valence-corrected chi connectivity index (χ2v) is 5.66. The molecule has 7 N–H and O–H groups in total. The maximum Gasteiger partial charge on any atom is 0.322 e. The summed E-state index contributed by atoms with van der Waals surface area (Å²) < 4.78 is 0. The number of carbonyl (C=O) groups excluding carboxylic acids is 2. The first-order valence-electron chi connectivity index (χ1n) is 6.73. The maximum atomic E-state index is 11.8. The molecule has 0 saturated heterocycles. The van der Waals surface area contributed by atoms with Crippen molar-refractivity contribution in [3.63, 3.8) is 0 Å². The quantitative estimate of drug-likeness (QED) is 0.209. The molecule has 0 aromatic heterocycles. The number of carbonyl (C=O) groups is 4. The second-order valence-electron chi connectivity index (χ2n) is 4.51. The summed E-state index contributed by atoms with van der Waals surface area (Å²) in [5.74, 6) is -3.20. The van der Waals surface area contributed by atoms with Crippen molar-refractivity contribution in [2.75, 3.05) is 24.7 Å². The summed E-state index contributed by atoms with van der Waals surface area (Å²) in [5, 5.41) is 30.4. The van der Waals surface area contributed by atoms with Crippen LogP contribution >= 0.6 is 11.8 Å². The zero-order valence-electron chi connectivity index (χ0n) is 12.4. The highest BCUT2D eigenvalue weighted by Gasteiger charge is 2.22. The van der Waals surface area contributed by atoms with Crippen molar-refractivity contribution in [2.24, 2.45) is 5.73 Å². The number of nitrogens with one attached hydrogen (secondary N) is 2. The van der Waals surface area contributed by atoms with E-state index in [0.717, 1.165) is 0 Å². The van der Waals surface area contributed by atoms with Crippen molar-refractivity contribution in [2.45, 2.75) is 24.9 Å². The van der Waals surface area contributed by atoms with Crippen LogP contribution < -0.4 is 16.4 Å². The fraction of sp³-hybridized carbons (Fsp3) is 0.667. The molecule has 0 bridgehead atoms. The molecule has 10 nitrogen and oxygen atoms in total. The Morgan fingerprint density at radius 1 is 1.17 bits per heavy atom. The molecule has 2 amide bonds. The molecule has 0 heterocycles. The molecule has 0 fully saturated rings. The topological polar surface area (TPSA) is 179 Å². The molecule has 2 atom stereocenters. The van der Waals surface area contributed by atoms with Crippen LogP contribution in [0.15, 0.2) is 0 Å². The molecule has 0 aromatic carbocycles. The lowest BCUT2D eigenvalue weighted by Gasteiger charge is -2.18. The van der Waals surface area contributed by atoms with Gasteiger partial charge in [-0.3, -0.25) is 19.2 Å². The Balaban J connectivity index is 4.48. The van der Waals surface area contributed by atoms with E-state index in [1.807, 2.05) is 0 Å². The Kier molecular flexibility index (Phi) is 10.7. The van der Waals surface area contributed by atoms with Crippen molar-refractivity contribution in [3.8, 4) is 0 Å². The van der Waals surface area contributed by atoms with Gasteiger partial charge in [0, 0.05) is 17.9 Å². The normalized spacial score (nSPS) is 13.0. The third-order valence-electron chi connectivity index (χ3n) is 2.59. The predicted molar refractivity (Wildman–Crippen MR) is 81.8 cm³/mol. The number of hydrogen-bond acceptors (Lipinski definition) is 7. The summed E-state index contributed by atoms with van der Waals surface area (Å²) in [4.78, 5) is 44.6. The first-order chi connectivity index (χ1) is 10.8. The van der Waals surface area contributed by atoms with E-state index >= 15 is 0 Å². The third-order valence-corrected chi connectivity index (χ3v) is 3.63. The summed E-state index contributed by atoms with van der Waals surface area (Å²) in [6.45, 7) is -0.685. The van der Waals surface area contributed by atoms with Gasteiger partial charge in [-0.05, 0) is 6.42 Å². The summed E-state index contributed by atoms with van der Waals surface area (Å²) in [7, 11) is 0. The summed E-state index contributed by atoms with van der Waals surface area (Å²) >= 11 is 1.20. The highest BCUT2D eigenvalue weighted by atomic mass is 32.2. The average molecular weight is 351 g/mol. The Labute approximate surface area is 136 Å². The van der Waals surface area contributed by atoms with Gasteiger partial charge >= 0.3 is 11.9 Å².